The molecule has 0 aliphatic rings. The van der Waals surface area contributed by atoms with Gasteiger partial charge in [-0.3, -0.25) is 14.9 Å². The Morgan fingerprint density at radius 2 is 1.78 bits per heavy atom. The molecule has 6 heteroatoms. The zero-order chi connectivity index (χ0) is 20.0. The predicted octanol–water partition coefficient (Wildman–Crippen LogP) is 3.78. The summed E-state index contributed by atoms with van der Waals surface area (Å²) in [5, 5.41) is 6.71. The van der Waals surface area contributed by atoms with Crippen molar-refractivity contribution in [1.29, 1.82) is 0 Å². The van der Waals surface area contributed by atoms with Gasteiger partial charge in [0.05, 0.1) is 12.6 Å². The fraction of sp³-hybridized carbons (Fsp3) is 0.333. The van der Waals surface area contributed by atoms with E-state index in [1.807, 2.05) is 62.4 Å². The SMILES string of the molecule is Cc1ccc(NC(=O)CN(C)C(=O)[C@H](C)N[C@@H](C)c2cccc(Cl)c2)cc1. The molecule has 0 fully saturated rings. The summed E-state index contributed by atoms with van der Waals surface area (Å²) in [7, 11) is 1.62. The lowest BCUT2D eigenvalue weighted by molar-refractivity contribution is -0.135. The van der Waals surface area contributed by atoms with E-state index < -0.39 is 6.04 Å². The molecule has 2 atom stereocenters. The van der Waals surface area contributed by atoms with Crippen LogP contribution in [0.25, 0.3) is 0 Å². The normalized spacial score (nSPS) is 12.9. The van der Waals surface area contributed by atoms with Crippen molar-refractivity contribution in [3.63, 3.8) is 0 Å². The maximum atomic E-state index is 12.6. The number of rotatable bonds is 7. The second kappa shape index (κ2) is 9.53. The number of aryl methyl sites for hydroxylation is 1. The number of nitrogens with one attached hydrogen (secondary N) is 2. The molecule has 0 spiro atoms. The number of anilines is 1. The van der Waals surface area contributed by atoms with Crippen molar-refractivity contribution in [2.45, 2.75) is 32.9 Å². The van der Waals surface area contributed by atoms with E-state index in [0.29, 0.717) is 10.7 Å². The molecule has 0 bridgehead atoms. The van der Waals surface area contributed by atoms with Gasteiger partial charge < -0.3 is 10.2 Å². The van der Waals surface area contributed by atoms with Crippen LogP contribution in [0.4, 0.5) is 5.69 Å². The van der Waals surface area contributed by atoms with Crippen LogP contribution in [0.15, 0.2) is 48.5 Å². The minimum atomic E-state index is -0.434. The van der Waals surface area contributed by atoms with Crippen LogP contribution in [0.2, 0.25) is 5.02 Å². The second-order valence-electron chi connectivity index (χ2n) is 6.77. The van der Waals surface area contributed by atoms with Crippen LogP contribution in [0.1, 0.15) is 31.0 Å². The highest BCUT2D eigenvalue weighted by Crippen LogP contribution is 2.18. The summed E-state index contributed by atoms with van der Waals surface area (Å²) in [6, 6.07) is 14.6. The molecule has 0 heterocycles. The first-order valence-electron chi connectivity index (χ1n) is 8.89. The van der Waals surface area contributed by atoms with Gasteiger partial charge in [-0.15, -0.1) is 0 Å². The van der Waals surface area contributed by atoms with Crippen LogP contribution < -0.4 is 10.6 Å². The summed E-state index contributed by atoms with van der Waals surface area (Å²) < 4.78 is 0. The standard InChI is InChI=1S/C21H26ClN3O2/c1-14-8-10-19(11-9-14)24-20(26)13-25(4)21(27)16(3)23-15(2)17-6-5-7-18(22)12-17/h5-12,15-16,23H,13H2,1-4H3,(H,24,26)/t15-,16-/m0/s1. The highest BCUT2D eigenvalue weighted by Gasteiger charge is 2.21. The largest absolute Gasteiger partial charge is 0.335 e. The minimum Gasteiger partial charge on any atom is -0.335 e. The van der Waals surface area contributed by atoms with Crippen LogP contribution in [0.3, 0.4) is 0 Å². The van der Waals surface area contributed by atoms with E-state index in [9.17, 15) is 9.59 Å². The summed E-state index contributed by atoms with van der Waals surface area (Å²) in [6.07, 6.45) is 0. The molecule has 27 heavy (non-hydrogen) atoms. The van der Waals surface area contributed by atoms with E-state index in [1.165, 1.54) is 4.90 Å². The van der Waals surface area contributed by atoms with Crippen LogP contribution in [0, 0.1) is 6.92 Å². The van der Waals surface area contributed by atoms with E-state index in [-0.39, 0.29) is 24.4 Å². The van der Waals surface area contributed by atoms with Crippen LogP contribution in [-0.4, -0.2) is 36.3 Å². The highest BCUT2D eigenvalue weighted by molar-refractivity contribution is 6.30. The van der Waals surface area contributed by atoms with Gasteiger partial charge in [0.15, 0.2) is 0 Å². The fourth-order valence-corrected chi connectivity index (χ4v) is 2.98. The first-order valence-corrected chi connectivity index (χ1v) is 9.27. The van der Waals surface area contributed by atoms with Gasteiger partial charge >= 0.3 is 0 Å². The Labute approximate surface area is 165 Å². The maximum absolute atomic E-state index is 12.6. The molecule has 0 aromatic heterocycles. The quantitative estimate of drug-likeness (QED) is 0.759. The third-order valence-electron chi connectivity index (χ3n) is 4.31. The lowest BCUT2D eigenvalue weighted by atomic mass is 10.1. The molecule has 0 aliphatic heterocycles. The molecule has 5 nitrogen and oxygen atoms in total. The highest BCUT2D eigenvalue weighted by atomic mass is 35.5. The summed E-state index contributed by atoms with van der Waals surface area (Å²) in [6.45, 7) is 5.73. The van der Waals surface area contributed by atoms with Gasteiger partial charge in [-0.2, -0.15) is 0 Å². The zero-order valence-corrected chi connectivity index (χ0v) is 16.9. The van der Waals surface area contributed by atoms with E-state index in [4.69, 9.17) is 11.6 Å². The van der Waals surface area contributed by atoms with Crippen LogP contribution in [-0.2, 0) is 9.59 Å². The lowest BCUT2D eigenvalue weighted by Gasteiger charge is -2.24. The third-order valence-corrected chi connectivity index (χ3v) is 4.55. The number of hydrogen-bond donors (Lipinski definition) is 2. The zero-order valence-electron chi connectivity index (χ0n) is 16.1. The van der Waals surface area contributed by atoms with Gasteiger partial charge in [0.25, 0.3) is 0 Å². The van der Waals surface area contributed by atoms with Crippen molar-refractivity contribution >= 4 is 29.1 Å². The van der Waals surface area contributed by atoms with Crippen molar-refractivity contribution < 1.29 is 9.59 Å². The average molecular weight is 388 g/mol. The number of carbonyl (C=O) groups is 2. The van der Waals surface area contributed by atoms with Crippen molar-refractivity contribution in [3.8, 4) is 0 Å². The molecule has 2 rings (SSSR count). The molecule has 2 amide bonds. The molecule has 2 aromatic rings. The summed E-state index contributed by atoms with van der Waals surface area (Å²) in [4.78, 5) is 26.2. The number of likely N-dealkylation sites (N-methyl/N-ethyl adjacent to an activating group) is 1. The smallest absolute Gasteiger partial charge is 0.243 e. The van der Waals surface area contributed by atoms with Gasteiger partial charge in [0.1, 0.15) is 0 Å². The van der Waals surface area contributed by atoms with Crippen LogP contribution in [0.5, 0.6) is 0 Å². The molecule has 0 saturated heterocycles. The molecule has 0 saturated carbocycles. The summed E-state index contributed by atoms with van der Waals surface area (Å²) in [5.74, 6) is -0.382. The van der Waals surface area contributed by atoms with E-state index in [2.05, 4.69) is 10.6 Å². The second-order valence-corrected chi connectivity index (χ2v) is 7.21. The number of hydrogen-bond acceptors (Lipinski definition) is 3. The maximum Gasteiger partial charge on any atom is 0.243 e. The van der Waals surface area contributed by atoms with Gasteiger partial charge in [-0.05, 0) is 50.6 Å². The number of halogens is 1. The average Bonchev–Trinajstić information content (AvgIpc) is 2.62. The van der Waals surface area contributed by atoms with E-state index >= 15 is 0 Å². The molecule has 0 radical (unpaired) electrons. The first-order chi connectivity index (χ1) is 12.8. The Balaban J connectivity index is 1.87. The Bertz CT molecular complexity index is 792. The van der Waals surface area contributed by atoms with Gasteiger partial charge in [0, 0.05) is 23.8 Å². The molecule has 144 valence electrons. The van der Waals surface area contributed by atoms with E-state index in [1.54, 1.807) is 14.0 Å². The fourth-order valence-electron chi connectivity index (χ4n) is 2.78. The van der Waals surface area contributed by atoms with Crippen molar-refractivity contribution in [3.05, 3.63) is 64.7 Å². The molecular weight excluding hydrogens is 362 g/mol. The lowest BCUT2D eigenvalue weighted by Crippen LogP contribution is -2.46. The van der Waals surface area contributed by atoms with Crippen LogP contribution >= 0.6 is 11.6 Å². The number of amides is 2. The first kappa shape index (κ1) is 20.9. The number of carbonyl (C=O) groups excluding carboxylic acids is 2. The third kappa shape index (κ3) is 6.38. The van der Waals surface area contributed by atoms with Gasteiger partial charge in [-0.25, -0.2) is 0 Å². The molecule has 2 N–H and O–H groups in total. The Morgan fingerprint density at radius 1 is 1.11 bits per heavy atom. The predicted molar refractivity (Wildman–Crippen MR) is 110 cm³/mol. The number of nitrogens with zero attached hydrogens (tertiary/aromatic N) is 1. The van der Waals surface area contributed by atoms with Crippen molar-refractivity contribution in [1.82, 2.24) is 10.2 Å². The molecule has 0 unspecified atom stereocenters. The molecule has 2 aromatic carbocycles. The molecule has 0 aliphatic carbocycles. The van der Waals surface area contributed by atoms with Crippen molar-refractivity contribution in [2.75, 3.05) is 18.9 Å². The Hall–Kier alpha value is -2.37. The summed E-state index contributed by atoms with van der Waals surface area (Å²) in [5.41, 5.74) is 2.84. The van der Waals surface area contributed by atoms with Gasteiger partial charge in [0.2, 0.25) is 11.8 Å². The van der Waals surface area contributed by atoms with E-state index in [0.717, 1.165) is 11.1 Å². The Kier molecular flexibility index (Phi) is 7.39. The minimum absolute atomic E-state index is 0.00965. The van der Waals surface area contributed by atoms with Crippen molar-refractivity contribution in [2.24, 2.45) is 0 Å². The number of benzene rings is 2. The van der Waals surface area contributed by atoms with Gasteiger partial charge in [-0.1, -0.05) is 41.4 Å². The summed E-state index contributed by atoms with van der Waals surface area (Å²) >= 11 is 6.02. The monoisotopic (exact) mass is 387 g/mol. The molecular formula is C21H26ClN3O2. The Morgan fingerprint density at radius 3 is 2.41 bits per heavy atom. The topological polar surface area (TPSA) is 61.4 Å².